The number of nitrogens with zero attached hydrogens (tertiary/aromatic N) is 4. The zero-order chi connectivity index (χ0) is 37.4. The third-order valence-corrected chi connectivity index (χ3v) is 13.4. The van der Waals surface area contributed by atoms with Gasteiger partial charge in [0.1, 0.15) is 0 Å². The van der Waals surface area contributed by atoms with Gasteiger partial charge in [0.2, 0.25) is 0 Å². The normalized spacial score (nSPS) is 12.8. The molecule has 266 valence electrons. The van der Waals surface area contributed by atoms with Gasteiger partial charge in [-0.2, -0.15) is 0 Å². The van der Waals surface area contributed by atoms with E-state index in [4.69, 9.17) is 0 Å². The first-order valence-corrected chi connectivity index (χ1v) is 20.1. The summed E-state index contributed by atoms with van der Waals surface area (Å²) < 4.78 is 10.1. The van der Waals surface area contributed by atoms with E-state index in [-0.39, 0.29) is 0 Å². The minimum atomic E-state index is 1.17. The summed E-state index contributed by atoms with van der Waals surface area (Å²) in [5.41, 5.74) is 14.8. The van der Waals surface area contributed by atoms with Crippen molar-refractivity contribution in [1.29, 1.82) is 0 Å². The molecule has 0 saturated carbocycles. The van der Waals surface area contributed by atoms with Gasteiger partial charge in [0, 0.05) is 76.0 Å². The summed E-state index contributed by atoms with van der Waals surface area (Å²) in [7, 11) is 0. The number of para-hydroxylation sites is 6. The van der Waals surface area contributed by atoms with Gasteiger partial charge in [-0.1, -0.05) is 121 Å². The Labute approximate surface area is 329 Å². The number of hydrogen-bond donors (Lipinski definition) is 0. The lowest BCUT2D eigenvalue weighted by molar-refractivity contribution is 1.18. The topological polar surface area (TPSA) is 18.7 Å². The van der Waals surface area contributed by atoms with Crippen LogP contribution in [0.25, 0.3) is 131 Å². The molecule has 15 aromatic rings. The Balaban J connectivity index is 1.18. The fourth-order valence-corrected chi connectivity index (χ4v) is 11.2. The average Bonchev–Trinajstić information content (AvgIpc) is 4.11. The van der Waals surface area contributed by atoms with Crippen molar-refractivity contribution in [3.63, 3.8) is 0 Å². The number of fused-ring (bicyclic) bond motifs is 20. The standard InChI is InChI=1S/C54H30N4/c1-3-14-31(15-4-1)55-44-24-11-8-19-38(44)49-48(55)29-42-41-28-40-35-22-13-21-34-37-27-26-36-33-18-7-10-23-43(33)56(32-16-5-2-6-17-32)53(36)54(37)58(51(34)35)47(40)30-46(41)57-45-25-12-9-20-39(45)50(49)52(42)57/h1-30H. The highest BCUT2D eigenvalue weighted by molar-refractivity contribution is 6.37. The van der Waals surface area contributed by atoms with Crippen LogP contribution in [0.2, 0.25) is 0 Å². The largest absolute Gasteiger partial charge is 0.309 e. The highest BCUT2D eigenvalue weighted by Gasteiger charge is 2.27. The lowest BCUT2D eigenvalue weighted by atomic mass is 10.0. The third kappa shape index (κ3) is 3.30. The van der Waals surface area contributed by atoms with E-state index in [2.05, 4.69) is 200 Å². The molecular formula is C54H30N4. The fourth-order valence-electron chi connectivity index (χ4n) is 11.2. The van der Waals surface area contributed by atoms with Gasteiger partial charge in [-0.3, -0.25) is 0 Å². The Morgan fingerprint density at radius 1 is 0.224 bits per heavy atom. The molecule has 0 N–H and O–H groups in total. The molecule has 15 rings (SSSR count). The van der Waals surface area contributed by atoms with Crippen LogP contribution in [0.15, 0.2) is 182 Å². The molecular weight excluding hydrogens is 705 g/mol. The van der Waals surface area contributed by atoms with E-state index >= 15 is 0 Å². The lowest BCUT2D eigenvalue weighted by Gasteiger charge is -2.09. The van der Waals surface area contributed by atoms with Crippen molar-refractivity contribution in [2.45, 2.75) is 0 Å². The van der Waals surface area contributed by atoms with Crippen LogP contribution in [-0.2, 0) is 0 Å². The summed E-state index contributed by atoms with van der Waals surface area (Å²) in [6, 6.07) is 67.6. The second kappa shape index (κ2) is 10.1. The number of benzene rings is 9. The van der Waals surface area contributed by atoms with Gasteiger partial charge in [0.05, 0.1) is 55.2 Å². The van der Waals surface area contributed by atoms with Crippen molar-refractivity contribution >= 4 is 120 Å². The molecule has 4 nitrogen and oxygen atoms in total. The SMILES string of the molecule is c1ccc(-n2c3ccccc3c3c4c5ccccc5n5c6cc7c(cc6c(cc32)c45)c2cccc3c4ccc5c6ccccc6n(-c6ccccc6)c5c4n7c23)cc1. The molecule has 4 heteroatoms. The Kier molecular flexibility index (Phi) is 5.14. The van der Waals surface area contributed by atoms with E-state index in [1.54, 1.807) is 0 Å². The van der Waals surface area contributed by atoms with Crippen molar-refractivity contribution in [3.05, 3.63) is 182 Å². The average molecular weight is 735 g/mol. The highest BCUT2D eigenvalue weighted by atomic mass is 15.0. The maximum Gasteiger partial charge on any atom is 0.0789 e. The molecule has 0 bridgehead atoms. The van der Waals surface area contributed by atoms with Crippen LogP contribution in [-0.4, -0.2) is 17.9 Å². The summed E-state index contributed by atoms with van der Waals surface area (Å²) in [5, 5.41) is 15.5. The van der Waals surface area contributed by atoms with Crippen molar-refractivity contribution in [2.24, 2.45) is 0 Å². The van der Waals surface area contributed by atoms with Gasteiger partial charge in [-0.15, -0.1) is 0 Å². The van der Waals surface area contributed by atoms with Gasteiger partial charge in [0.15, 0.2) is 0 Å². The van der Waals surface area contributed by atoms with Crippen molar-refractivity contribution in [1.82, 2.24) is 17.9 Å². The highest BCUT2D eigenvalue weighted by Crippen LogP contribution is 2.50. The van der Waals surface area contributed by atoms with Gasteiger partial charge in [0.25, 0.3) is 0 Å². The minimum absolute atomic E-state index is 1.17. The molecule has 6 aromatic heterocycles. The molecule has 0 aliphatic rings. The summed E-state index contributed by atoms with van der Waals surface area (Å²) in [5.74, 6) is 0. The number of rotatable bonds is 2. The molecule has 58 heavy (non-hydrogen) atoms. The molecule has 0 radical (unpaired) electrons. The summed E-state index contributed by atoms with van der Waals surface area (Å²) in [6.45, 7) is 0. The number of hydrogen-bond acceptors (Lipinski definition) is 0. The second-order valence-corrected chi connectivity index (χ2v) is 16.1. The van der Waals surface area contributed by atoms with Crippen molar-refractivity contribution in [2.75, 3.05) is 0 Å². The summed E-state index contributed by atoms with van der Waals surface area (Å²) >= 11 is 0. The summed E-state index contributed by atoms with van der Waals surface area (Å²) in [6.07, 6.45) is 0. The molecule has 0 amide bonds. The lowest BCUT2D eigenvalue weighted by Crippen LogP contribution is -1.95. The Hall–Kier alpha value is -7.82. The van der Waals surface area contributed by atoms with Gasteiger partial charge < -0.3 is 17.9 Å². The number of aromatic nitrogens is 4. The van der Waals surface area contributed by atoms with E-state index in [1.807, 2.05) is 0 Å². The fraction of sp³-hybridized carbons (Fsp3) is 0. The molecule has 6 heterocycles. The van der Waals surface area contributed by atoms with E-state index in [1.165, 1.54) is 131 Å². The first kappa shape index (κ1) is 29.5. The maximum atomic E-state index is 2.59. The minimum Gasteiger partial charge on any atom is -0.309 e. The van der Waals surface area contributed by atoms with E-state index < -0.39 is 0 Å². The molecule has 0 fully saturated rings. The predicted octanol–water partition coefficient (Wildman–Crippen LogP) is 14.2. The van der Waals surface area contributed by atoms with Crippen LogP contribution in [0.5, 0.6) is 0 Å². The van der Waals surface area contributed by atoms with E-state index in [0.29, 0.717) is 0 Å². The molecule has 0 spiro atoms. The molecule has 0 atom stereocenters. The zero-order valence-corrected chi connectivity index (χ0v) is 31.1. The van der Waals surface area contributed by atoms with E-state index in [0.717, 1.165) is 0 Å². The molecule has 0 aliphatic heterocycles. The molecule has 9 aromatic carbocycles. The van der Waals surface area contributed by atoms with Crippen LogP contribution < -0.4 is 0 Å². The van der Waals surface area contributed by atoms with Gasteiger partial charge in [-0.05, 0) is 60.7 Å². The predicted molar refractivity (Wildman–Crippen MR) is 244 cm³/mol. The second-order valence-electron chi connectivity index (χ2n) is 16.1. The van der Waals surface area contributed by atoms with Crippen molar-refractivity contribution in [3.8, 4) is 11.4 Å². The maximum absolute atomic E-state index is 2.59. The van der Waals surface area contributed by atoms with E-state index in [9.17, 15) is 0 Å². The smallest absolute Gasteiger partial charge is 0.0789 e. The molecule has 0 aliphatic carbocycles. The Morgan fingerprint density at radius 2 is 0.741 bits per heavy atom. The third-order valence-electron chi connectivity index (χ3n) is 13.4. The van der Waals surface area contributed by atoms with Crippen LogP contribution in [0, 0.1) is 0 Å². The van der Waals surface area contributed by atoms with Crippen LogP contribution in [0.4, 0.5) is 0 Å². The molecule has 0 unspecified atom stereocenters. The van der Waals surface area contributed by atoms with Crippen LogP contribution >= 0.6 is 0 Å². The first-order valence-electron chi connectivity index (χ1n) is 20.1. The van der Waals surface area contributed by atoms with Crippen molar-refractivity contribution < 1.29 is 0 Å². The Bertz CT molecular complexity index is 4230. The molecule has 0 saturated heterocycles. The van der Waals surface area contributed by atoms with Crippen LogP contribution in [0.3, 0.4) is 0 Å². The van der Waals surface area contributed by atoms with Crippen LogP contribution in [0.1, 0.15) is 0 Å². The Morgan fingerprint density at radius 3 is 1.48 bits per heavy atom. The summed E-state index contributed by atoms with van der Waals surface area (Å²) in [4.78, 5) is 0. The first-order chi connectivity index (χ1) is 28.8. The zero-order valence-electron chi connectivity index (χ0n) is 31.1. The monoisotopic (exact) mass is 734 g/mol. The van der Waals surface area contributed by atoms with Gasteiger partial charge >= 0.3 is 0 Å². The quantitative estimate of drug-likeness (QED) is 0.168. The van der Waals surface area contributed by atoms with Gasteiger partial charge in [-0.25, -0.2) is 0 Å².